The molecule has 1 fully saturated rings. The molecule has 1 aromatic rings. The molecule has 21 heavy (non-hydrogen) atoms. The summed E-state index contributed by atoms with van der Waals surface area (Å²) >= 11 is 0. The number of aliphatic hydroxyl groups excluding tert-OH is 1. The Morgan fingerprint density at radius 2 is 2.24 bits per heavy atom. The largest absolute Gasteiger partial charge is 0.444 e. The van der Waals surface area contributed by atoms with E-state index in [1.165, 1.54) is 0 Å². The van der Waals surface area contributed by atoms with E-state index < -0.39 is 11.7 Å². The van der Waals surface area contributed by atoms with E-state index in [1.54, 1.807) is 10.9 Å². The highest BCUT2D eigenvalue weighted by Gasteiger charge is 2.46. The molecule has 1 unspecified atom stereocenters. The number of hydrogen-bond acceptors (Lipinski definition) is 4. The van der Waals surface area contributed by atoms with Crippen molar-refractivity contribution >= 4 is 6.09 Å². The first-order chi connectivity index (χ1) is 9.76. The van der Waals surface area contributed by atoms with E-state index in [9.17, 15) is 9.90 Å². The quantitative estimate of drug-likeness (QED) is 0.892. The molecule has 2 rings (SSSR count). The highest BCUT2D eigenvalue weighted by molar-refractivity contribution is 5.68. The number of nitrogens with one attached hydrogen (secondary N) is 1. The predicted octanol–water partition coefficient (Wildman–Crippen LogP) is 2.15. The Hall–Kier alpha value is -1.56. The molecule has 1 saturated carbocycles. The number of carbonyl (C=O) groups excluding carboxylic acids is 1. The fourth-order valence-corrected chi connectivity index (χ4v) is 2.77. The minimum Gasteiger partial charge on any atom is -0.444 e. The van der Waals surface area contributed by atoms with E-state index >= 15 is 0 Å². The van der Waals surface area contributed by atoms with Gasteiger partial charge in [-0.2, -0.15) is 5.10 Å². The summed E-state index contributed by atoms with van der Waals surface area (Å²) in [5.41, 5.74) is 0.0484. The van der Waals surface area contributed by atoms with Crippen molar-refractivity contribution in [2.45, 2.75) is 51.7 Å². The molecular formula is C15H25N3O3. The number of hydrogen-bond donors (Lipinski definition) is 2. The zero-order valence-corrected chi connectivity index (χ0v) is 13.2. The Bertz CT molecular complexity index is 495. The van der Waals surface area contributed by atoms with Gasteiger partial charge in [0.25, 0.3) is 0 Å². The van der Waals surface area contributed by atoms with E-state index in [2.05, 4.69) is 10.4 Å². The SMILES string of the molecule is Cn1cc(C(NC(=O)OC(C)(C)C)C2(CO)CCC2)cn1. The summed E-state index contributed by atoms with van der Waals surface area (Å²) in [6.07, 6.45) is 5.98. The molecule has 118 valence electrons. The van der Waals surface area contributed by atoms with Crippen LogP contribution < -0.4 is 5.32 Å². The Labute approximate surface area is 125 Å². The Morgan fingerprint density at radius 1 is 1.57 bits per heavy atom. The normalized spacial score (nSPS) is 18.7. The molecule has 0 bridgehead atoms. The smallest absolute Gasteiger partial charge is 0.408 e. The van der Waals surface area contributed by atoms with Crippen LogP contribution in [0.15, 0.2) is 12.4 Å². The molecule has 1 amide bonds. The standard InChI is InChI=1S/C15H25N3O3/c1-14(2,3)21-13(20)17-12(11-8-16-18(4)9-11)15(10-19)6-5-7-15/h8-9,12,19H,5-7,10H2,1-4H3,(H,17,20). The van der Waals surface area contributed by atoms with Crippen LogP contribution in [0.4, 0.5) is 4.79 Å². The molecule has 1 aliphatic rings. The number of amides is 1. The van der Waals surface area contributed by atoms with Crippen LogP contribution in [0.3, 0.4) is 0 Å². The van der Waals surface area contributed by atoms with Gasteiger partial charge in [0.15, 0.2) is 0 Å². The number of aliphatic hydroxyl groups is 1. The lowest BCUT2D eigenvalue weighted by Crippen LogP contribution is -2.48. The van der Waals surface area contributed by atoms with Crippen molar-refractivity contribution < 1.29 is 14.6 Å². The van der Waals surface area contributed by atoms with Gasteiger partial charge in [0.05, 0.1) is 18.8 Å². The Morgan fingerprint density at radius 3 is 2.62 bits per heavy atom. The maximum atomic E-state index is 12.1. The lowest BCUT2D eigenvalue weighted by molar-refractivity contribution is -0.00404. The fraction of sp³-hybridized carbons (Fsp3) is 0.733. The van der Waals surface area contributed by atoms with Crippen LogP contribution in [0.2, 0.25) is 0 Å². The molecule has 6 heteroatoms. The van der Waals surface area contributed by atoms with Gasteiger partial charge in [-0.3, -0.25) is 4.68 Å². The second kappa shape index (κ2) is 5.67. The monoisotopic (exact) mass is 295 g/mol. The van der Waals surface area contributed by atoms with Crippen molar-refractivity contribution in [3.05, 3.63) is 18.0 Å². The molecule has 1 aliphatic carbocycles. The molecular weight excluding hydrogens is 270 g/mol. The van der Waals surface area contributed by atoms with Gasteiger partial charge in [-0.25, -0.2) is 4.79 Å². The number of ether oxygens (including phenoxy) is 1. The summed E-state index contributed by atoms with van der Waals surface area (Å²) in [4.78, 5) is 12.1. The molecule has 6 nitrogen and oxygen atoms in total. The van der Waals surface area contributed by atoms with Gasteiger partial charge in [0.2, 0.25) is 0 Å². The lowest BCUT2D eigenvalue weighted by atomic mass is 9.63. The summed E-state index contributed by atoms with van der Waals surface area (Å²) in [7, 11) is 1.83. The summed E-state index contributed by atoms with van der Waals surface area (Å²) in [5.74, 6) is 0. The highest BCUT2D eigenvalue weighted by Crippen LogP contribution is 2.49. The maximum absolute atomic E-state index is 12.1. The van der Waals surface area contributed by atoms with Crippen LogP contribution >= 0.6 is 0 Å². The summed E-state index contributed by atoms with van der Waals surface area (Å²) in [6.45, 7) is 5.53. The van der Waals surface area contributed by atoms with Crippen molar-refractivity contribution in [2.75, 3.05) is 6.61 Å². The first-order valence-corrected chi connectivity index (χ1v) is 7.35. The average molecular weight is 295 g/mol. The van der Waals surface area contributed by atoms with E-state index in [0.717, 1.165) is 24.8 Å². The van der Waals surface area contributed by atoms with Crippen molar-refractivity contribution in [1.29, 1.82) is 0 Å². The van der Waals surface area contributed by atoms with Crippen molar-refractivity contribution in [2.24, 2.45) is 12.5 Å². The first kappa shape index (κ1) is 15.8. The van der Waals surface area contributed by atoms with Gasteiger partial charge in [-0.15, -0.1) is 0 Å². The van der Waals surface area contributed by atoms with Gasteiger partial charge in [0, 0.05) is 24.2 Å². The van der Waals surface area contributed by atoms with Crippen LogP contribution in [0.5, 0.6) is 0 Å². The zero-order valence-electron chi connectivity index (χ0n) is 13.2. The maximum Gasteiger partial charge on any atom is 0.408 e. The lowest BCUT2D eigenvalue weighted by Gasteiger charge is -2.46. The van der Waals surface area contributed by atoms with Crippen LogP contribution in [0.1, 0.15) is 51.6 Å². The van der Waals surface area contributed by atoms with Crippen LogP contribution in [-0.4, -0.2) is 33.2 Å². The van der Waals surface area contributed by atoms with E-state index in [-0.39, 0.29) is 18.1 Å². The predicted molar refractivity (Wildman–Crippen MR) is 78.7 cm³/mol. The van der Waals surface area contributed by atoms with Gasteiger partial charge >= 0.3 is 6.09 Å². The summed E-state index contributed by atoms with van der Waals surface area (Å²) in [6, 6.07) is -0.278. The molecule has 0 radical (unpaired) electrons. The van der Waals surface area contributed by atoms with E-state index in [0.29, 0.717) is 0 Å². The van der Waals surface area contributed by atoms with E-state index in [1.807, 2.05) is 34.0 Å². The fourth-order valence-electron chi connectivity index (χ4n) is 2.77. The zero-order chi connectivity index (χ0) is 15.7. The minimum absolute atomic E-state index is 0.0440. The molecule has 2 N–H and O–H groups in total. The van der Waals surface area contributed by atoms with Crippen LogP contribution in [0.25, 0.3) is 0 Å². The van der Waals surface area contributed by atoms with Gasteiger partial charge in [-0.05, 0) is 33.6 Å². The number of nitrogens with zero attached hydrogens (tertiary/aromatic N) is 2. The average Bonchev–Trinajstić information content (AvgIpc) is 2.71. The summed E-state index contributed by atoms with van der Waals surface area (Å²) < 4.78 is 7.04. The second-order valence-electron chi connectivity index (χ2n) is 6.90. The third-order valence-electron chi connectivity index (χ3n) is 4.00. The molecule has 0 saturated heterocycles. The third kappa shape index (κ3) is 3.56. The number of carbonyl (C=O) groups is 1. The van der Waals surface area contributed by atoms with Gasteiger partial charge in [0.1, 0.15) is 5.60 Å². The van der Waals surface area contributed by atoms with Gasteiger partial charge < -0.3 is 15.2 Å². The minimum atomic E-state index is -0.546. The Kier molecular flexibility index (Phi) is 4.27. The number of rotatable bonds is 4. The molecule has 1 aromatic heterocycles. The molecule has 1 atom stereocenters. The van der Waals surface area contributed by atoms with E-state index in [4.69, 9.17) is 4.74 Å². The summed E-state index contributed by atoms with van der Waals surface area (Å²) in [5, 5.41) is 16.9. The van der Waals surface area contributed by atoms with Crippen molar-refractivity contribution in [3.63, 3.8) is 0 Å². The molecule has 1 heterocycles. The van der Waals surface area contributed by atoms with Crippen molar-refractivity contribution in [1.82, 2.24) is 15.1 Å². The van der Waals surface area contributed by atoms with Crippen LogP contribution in [-0.2, 0) is 11.8 Å². The number of alkyl carbamates (subject to hydrolysis) is 1. The van der Waals surface area contributed by atoms with Crippen LogP contribution in [0, 0.1) is 5.41 Å². The number of aryl methyl sites for hydroxylation is 1. The topological polar surface area (TPSA) is 76.4 Å². The number of aromatic nitrogens is 2. The third-order valence-corrected chi connectivity index (χ3v) is 4.00. The van der Waals surface area contributed by atoms with Gasteiger partial charge in [-0.1, -0.05) is 6.42 Å². The molecule has 0 spiro atoms. The highest BCUT2D eigenvalue weighted by atomic mass is 16.6. The molecule has 0 aromatic carbocycles. The molecule has 0 aliphatic heterocycles. The second-order valence-corrected chi connectivity index (χ2v) is 6.90. The van der Waals surface area contributed by atoms with Crippen molar-refractivity contribution in [3.8, 4) is 0 Å². The first-order valence-electron chi connectivity index (χ1n) is 7.35. The Balaban J connectivity index is 2.19.